The fourth-order valence-electron chi connectivity index (χ4n) is 2.86. The third-order valence-corrected chi connectivity index (χ3v) is 5.63. The van der Waals surface area contributed by atoms with Gasteiger partial charge in [0.1, 0.15) is 17.6 Å². The highest BCUT2D eigenvalue weighted by Gasteiger charge is 2.30. The van der Waals surface area contributed by atoms with E-state index in [0.29, 0.717) is 12.2 Å². The van der Waals surface area contributed by atoms with E-state index in [1.807, 2.05) is 6.07 Å². The molecule has 12 heteroatoms. The van der Waals surface area contributed by atoms with Crippen LogP contribution in [0.4, 0.5) is 18.9 Å². The van der Waals surface area contributed by atoms with E-state index in [1.54, 1.807) is 29.2 Å². The van der Waals surface area contributed by atoms with Crippen LogP contribution in [-0.4, -0.2) is 33.0 Å². The molecule has 4 aromatic rings. The minimum atomic E-state index is -4.52. The van der Waals surface area contributed by atoms with Gasteiger partial charge in [-0.2, -0.15) is 23.4 Å². The van der Waals surface area contributed by atoms with Crippen molar-refractivity contribution in [2.75, 3.05) is 4.72 Å². The smallest absolute Gasteiger partial charge is 0.280 e. The Kier molecular flexibility index (Phi) is 5.23. The first kappa shape index (κ1) is 20.6. The number of nitrogens with zero attached hydrogens (tertiary/aromatic N) is 5. The van der Waals surface area contributed by atoms with Crippen LogP contribution in [0.3, 0.4) is 0 Å². The van der Waals surface area contributed by atoms with Crippen LogP contribution in [0.5, 0.6) is 0 Å². The molecule has 2 aromatic carbocycles. The molecule has 2 heterocycles. The van der Waals surface area contributed by atoms with E-state index < -0.39 is 21.8 Å². The fraction of sp³-hybridized carbons (Fsp3) is 0.105. The highest BCUT2D eigenvalue weighted by molar-refractivity contribution is 7.92. The Hall–Kier alpha value is -3.67. The number of anilines is 1. The Balaban J connectivity index is 1.55. The topological polar surface area (TPSA) is 94.7 Å². The molecule has 0 fully saturated rings. The molecule has 0 saturated carbocycles. The van der Waals surface area contributed by atoms with Gasteiger partial charge in [-0.1, -0.05) is 18.2 Å². The standard InChI is InChI=1S/C19H15F3N6O2S/c20-19(21,22)15-4-2-6-17(8-15)28-11-18(9-24-28)31(29,30)26-16-5-1-3-14(7-16)10-27-13-23-12-25-27/h1-9,11-13,26H,10H2. The third kappa shape index (κ3) is 4.74. The van der Waals surface area contributed by atoms with E-state index in [9.17, 15) is 21.6 Å². The number of aromatic nitrogens is 5. The Morgan fingerprint density at radius 3 is 2.58 bits per heavy atom. The van der Waals surface area contributed by atoms with Crippen LogP contribution < -0.4 is 4.72 Å². The fourth-order valence-corrected chi connectivity index (χ4v) is 3.84. The van der Waals surface area contributed by atoms with Crippen molar-refractivity contribution in [1.29, 1.82) is 0 Å². The van der Waals surface area contributed by atoms with Crippen molar-refractivity contribution in [2.45, 2.75) is 17.6 Å². The largest absolute Gasteiger partial charge is 0.416 e. The van der Waals surface area contributed by atoms with E-state index in [2.05, 4.69) is 19.9 Å². The lowest BCUT2D eigenvalue weighted by Gasteiger charge is -2.09. The molecule has 0 aliphatic heterocycles. The zero-order valence-electron chi connectivity index (χ0n) is 15.7. The SMILES string of the molecule is O=S(=O)(Nc1cccc(Cn2cncn2)c1)c1cnn(-c2cccc(C(F)(F)F)c2)c1. The number of hydrogen-bond acceptors (Lipinski definition) is 5. The minimum Gasteiger partial charge on any atom is -0.280 e. The molecule has 1 N–H and O–H groups in total. The molecular formula is C19H15F3N6O2S. The van der Waals surface area contributed by atoms with Gasteiger partial charge < -0.3 is 0 Å². The molecule has 0 aliphatic rings. The normalized spacial score (nSPS) is 12.1. The number of rotatable bonds is 6. The Morgan fingerprint density at radius 1 is 1.03 bits per heavy atom. The quantitative estimate of drug-likeness (QED) is 0.488. The summed E-state index contributed by atoms with van der Waals surface area (Å²) in [6, 6.07) is 11.2. The molecule has 0 saturated heterocycles. The third-order valence-electron chi connectivity index (χ3n) is 4.30. The predicted octanol–water partition coefficient (Wildman–Crippen LogP) is 3.33. The number of sulfonamides is 1. The van der Waals surface area contributed by atoms with Crippen molar-refractivity contribution < 1.29 is 21.6 Å². The maximum absolute atomic E-state index is 12.9. The van der Waals surface area contributed by atoms with Gasteiger partial charge in [0, 0.05) is 5.69 Å². The molecule has 0 aliphatic carbocycles. The van der Waals surface area contributed by atoms with Gasteiger partial charge in [0.2, 0.25) is 0 Å². The molecule has 31 heavy (non-hydrogen) atoms. The number of nitrogens with one attached hydrogen (secondary N) is 1. The maximum Gasteiger partial charge on any atom is 0.416 e. The highest BCUT2D eigenvalue weighted by Crippen LogP contribution is 2.30. The van der Waals surface area contributed by atoms with E-state index in [4.69, 9.17) is 0 Å². The summed E-state index contributed by atoms with van der Waals surface area (Å²) < 4.78 is 69.4. The number of halogens is 3. The van der Waals surface area contributed by atoms with Crippen molar-refractivity contribution in [3.05, 3.63) is 84.7 Å². The van der Waals surface area contributed by atoms with Crippen molar-refractivity contribution in [3.8, 4) is 5.69 Å². The molecule has 4 rings (SSSR count). The first-order valence-corrected chi connectivity index (χ1v) is 10.4. The summed E-state index contributed by atoms with van der Waals surface area (Å²) >= 11 is 0. The Morgan fingerprint density at radius 2 is 1.84 bits per heavy atom. The van der Waals surface area contributed by atoms with Crippen molar-refractivity contribution in [3.63, 3.8) is 0 Å². The monoisotopic (exact) mass is 448 g/mol. The van der Waals surface area contributed by atoms with Crippen LogP contribution in [0.25, 0.3) is 5.69 Å². The molecular weight excluding hydrogens is 433 g/mol. The molecule has 0 amide bonds. The summed E-state index contributed by atoms with van der Waals surface area (Å²) in [6.45, 7) is 0.406. The van der Waals surface area contributed by atoms with Crippen LogP contribution >= 0.6 is 0 Å². The summed E-state index contributed by atoms with van der Waals surface area (Å²) in [7, 11) is -4.01. The lowest BCUT2D eigenvalue weighted by atomic mass is 10.2. The van der Waals surface area contributed by atoms with E-state index in [-0.39, 0.29) is 10.6 Å². The van der Waals surface area contributed by atoms with Crippen LogP contribution in [0.2, 0.25) is 0 Å². The minimum absolute atomic E-state index is 0.0890. The van der Waals surface area contributed by atoms with Gasteiger partial charge >= 0.3 is 6.18 Å². The van der Waals surface area contributed by atoms with Gasteiger partial charge in [-0.25, -0.2) is 22.8 Å². The average molecular weight is 448 g/mol. The number of alkyl halides is 3. The molecule has 0 unspecified atom stereocenters. The van der Waals surface area contributed by atoms with Crippen molar-refractivity contribution in [1.82, 2.24) is 24.5 Å². The molecule has 0 spiro atoms. The Bertz CT molecular complexity index is 1300. The average Bonchev–Trinajstić information content (AvgIpc) is 3.40. The molecule has 0 bridgehead atoms. The van der Waals surface area contributed by atoms with Crippen LogP contribution in [0.1, 0.15) is 11.1 Å². The van der Waals surface area contributed by atoms with Gasteiger partial charge in [-0.05, 0) is 35.9 Å². The number of benzene rings is 2. The van der Waals surface area contributed by atoms with Gasteiger partial charge in [-0.3, -0.25) is 4.72 Å². The molecule has 8 nitrogen and oxygen atoms in total. The van der Waals surface area contributed by atoms with Gasteiger partial charge in [-0.15, -0.1) is 0 Å². The summed E-state index contributed by atoms with van der Waals surface area (Å²) in [5.41, 5.74) is 0.355. The van der Waals surface area contributed by atoms with Gasteiger partial charge in [0.05, 0.1) is 30.2 Å². The lowest BCUT2D eigenvalue weighted by Crippen LogP contribution is -2.12. The van der Waals surface area contributed by atoms with Crippen LogP contribution in [0.15, 0.2) is 78.5 Å². The van der Waals surface area contributed by atoms with Gasteiger partial charge in [0.15, 0.2) is 0 Å². The first-order valence-electron chi connectivity index (χ1n) is 8.87. The van der Waals surface area contributed by atoms with E-state index in [1.165, 1.54) is 18.5 Å². The van der Waals surface area contributed by atoms with Crippen molar-refractivity contribution >= 4 is 15.7 Å². The van der Waals surface area contributed by atoms with E-state index in [0.717, 1.165) is 34.8 Å². The molecule has 2 aromatic heterocycles. The van der Waals surface area contributed by atoms with Crippen LogP contribution in [0, 0.1) is 0 Å². The summed E-state index contributed by atoms with van der Waals surface area (Å²) in [5.74, 6) is 0. The second-order valence-electron chi connectivity index (χ2n) is 6.57. The van der Waals surface area contributed by atoms with Crippen molar-refractivity contribution in [2.24, 2.45) is 0 Å². The second-order valence-corrected chi connectivity index (χ2v) is 8.25. The first-order chi connectivity index (χ1) is 14.7. The number of hydrogen-bond donors (Lipinski definition) is 1. The summed E-state index contributed by atoms with van der Waals surface area (Å²) in [5, 5.41) is 7.90. The predicted molar refractivity (Wildman–Crippen MR) is 105 cm³/mol. The van der Waals surface area contributed by atoms with Gasteiger partial charge in [0.25, 0.3) is 10.0 Å². The zero-order chi connectivity index (χ0) is 22.1. The highest BCUT2D eigenvalue weighted by atomic mass is 32.2. The molecule has 160 valence electrons. The zero-order valence-corrected chi connectivity index (χ0v) is 16.5. The summed E-state index contributed by atoms with van der Waals surface area (Å²) in [4.78, 5) is 3.67. The maximum atomic E-state index is 12.9. The molecule has 0 radical (unpaired) electrons. The Labute approximate surface area is 175 Å². The van der Waals surface area contributed by atoms with E-state index >= 15 is 0 Å². The summed E-state index contributed by atoms with van der Waals surface area (Å²) in [6.07, 6.45) is 0.642. The second kappa shape index (κ2) is 7.87. The van der Waals surface area contributed by atoms with Crippen LogP contribution in [-0.2, 0) is 22.7 Å². The molecule has 0 atom stereocenters. The lowest BCUT2D eigenvalue weighted by molar-refractivity contribution is -0.137.